The smallest absolute Gasteiger partial charge is 0.222 e. The van der Waals surface area contributed by atoms with E-state index in [1.807, 2.05) is 7.05 Å². The fourth-order valence-electron chi connectivity index (χ4n) is 2.85. The zero-order valence-corrected chi connectivity index (χ0v) is 11.7. The Bertz CT molecular complexity index is 230. The first-order valence-electron chi connectivity index (χ1n) is 7.14. The highest BCUT2D eigenvalue weighted by molar-refractivity contribution is 5.76. The van der Waals surface area contributed by atoms with Crippen molar-refractivity contribution in [2.24, 2.45) is 5.92 Å². The number of hydrogen-bond donors (Lipinski definition) is 1. The van der Waals surface area contributed by atoms with Gasteiger partial charge in [-0.2, -0.15) is 0 Å². The number of carbonyl (C=O) groups excluding carboxylic acids is 1. The Hall–Kier alpha value is -0.570. The molecule has 1 aliphatic heterocycles. The van der Waals surface area contributed by atoms with E-state index in [0.29, 0.717) is 24.3 Å². The van der Waals surface area contributed by atoms with Crippen molar-refractivity contribution in [1.29, 1.82) is 0 Å². The maximum absolute atomic E-state index is 12.2. The fraction of sp³-hybridized carbons (Fsp3) is 0.929. The number of nitrogens with one attached hydrogen (secondary N) is 1. The van der Waals surface area contributed by atoms with Crippen LogP contribution in [0.4, 0.5) is 0 Å². The van der Waals surface area contributed by atoms with Crippen LogP contribution >= 0.6 is 0 Å². The van der Waals surface area contributed by atoms with E-state index in [1.165, 1.54) is 25.7 Å². The lowest BCUT2D eigenvalue weighted by Gasteiger charge is -2.40. The van der Waals surface area contributed by atoms with E-state index in [4.69, 9.17) is 0 Å². The molecule has 1 rings (SSSR count). The standard InChI is InChI=1S/C14H28N2O/c1-4-7-13-12(2)8-6-11-16(13)14(17)9-5-10-15-3/h12-13,15H,4-11H2,1-3H3. The molecule has 1 aliphatic rings. The van der Waals surface area contributed by atoms with Gasteiger partial charge < -0.3 is 10.2 Å². The summed E-state index contributed by atoms with van der Waals surface area (Å²) in [5.74, 6) is 1.04. The minimum Gasteiger partial charge on any atom is -0.339 e. The Labute approximate surface area is 106 Å². The lowest BCUT2D eigenvalue weighted by atomic mass is 9.87. The Morgan fingerprint density at radius 3 is 2.88 bits per heavy atom. The summed E-state index contributed by atoms with van der Waals surface area (Å²) in [5, 5.41) is 3.10. The summed E-state index contributed by atoms with van der Waals surface area (Å²) in [6, 6.07) is 0.496. The summed E-state index contributed by atoms with van der Waals surface area (Å²) in [4.78, 5) is 14.4. The zero-order valence-electron chi connectivity index (χ0n) is 11.7. The highest BCUT2D eigenvalue weighted by Crippen LogP contribution is 2.27. The van der Waals surface area contributed by atoms with Crippen LogP contribution in [0.2, 0.25) is 0 Å². The molecule has 0 aliphatic carbocycles. The number of amides is 1. The number of carbonyl (C=O) groups is 1. The molecule has 0 saturated carbocycles. The molecule has 0 aromatic heterocycles. The number of hydrogen-bond acceptors (Lipinski definition) is 2. The summed E-state index contributed by atoms with van der Waals surface area (Å²) in [7, 11) is 1.94. The van der Waals surface area contributed by atoms with Crippen LogP contribution in [0.5, 0.6) is 0 Å². The average Bonchev–Trinajstić information content (AvgIpc) is 2.32. The van der Waals surface area contributed by atoms with E-state index < -0.39 is 0 Å². The number of nitrogens with zero attached hydrogens (tertiary/aromatic N) is 1. The van der Waals surface area contributed by atoms with E-state index >= 15 is 0 Å². The first kappa shape index (κ1) is 14.5. The third-order valence-corrected chi connectivity index (χ3v) is 3.84. The van der Waals surface area contributed by atoms with Crippen LogP contribution < -0.4 is 5.32 Å². The van der Waals surface area contributed by atoms with Gasteiger partial charge in [0, 0.05) is 19.0 Å². The van der Waals surface area contributed by atoms with Crippen molar-refractivity contribution >= 4 is 5.91 Å². The van der Waals surface area contributed by atoms with Crippen LogP contribution in [0.3, 0.4) is 0 Å². The molecule has 1 fully saturated rings. The maximum Gasteiger partial charge on any atom is 0.222 e. The average molecular weight is 240 g/mol. The predicted molar refractivity (Wildman–Crippen MR) is 72.0 cm³/mol. The van der Waals surface area contributed by atoms with Crippen molar-refractivity contribution in [1.82, 2.24) is 10.2 Å². The first-order valence-corrected chi connectivity index (χ1v) is 7.14. The molecule has 1 amide bonds. The van der Waals surface area contributed by atoms with Crippen molar-refractivity contribution in [3.63, 3.8) is 0 Å². The molecule has 1 heterocycles. The van der Waals surface area contributed by atoms with Gasteiger partial charge in [-0.1, -0.05) is 20.3 Å². The van der Waals surface area contributed by atoms with E-state index in [-0.39, 0.29) is 0 Å². The molecule has 0 aromatic rings. The topological polar surface area (TPSA) is 32.3 Å². The van der Waals surface area contributed by atoms with Gasteiger partial charge in [-0.15, -0.1) is 0 Å². The third kappa shape index (κ3) is 4.30. The van der Waals surface area contributed by atoms with Gasteiger partial charge in [0.05, 0.1) is 0 Å². The molecule has 0 spiro atoms. The van der Waals surface area contributed by atoms with Gasteiger partial charge in [-0.25, -0.2) is 0 Å². The third-order valence-electron chi connectivity index (χ3n) is 3.84. The van der Waals surface area contributed by atoms with Crippen LogP contribution in [0.15, 0.2) is 0 Å². The van der Waals surface area contributed by atoms with E-state index in [2.05, 4.69) is 24.1 Å². The van der Waals surface area contributed by atoms with Crippen LogP contribution in [-0.2, 0) is 4.79 Å². The van der Waals surface area contributed by atoms with Gasteiger partial charge in [0.2, 0.25) is 5.91 Å². The van der Waals surface area contributed by atoms with Gasteiger partial charge in [-0.05, 0) is 45.2 Å². The van der Waals surface area contributed by atoms with Crippen molar-refractivity contribution in [3.05, 3.63) is 0 Å². The van der Waals surface area contributed by atoms with Crippen molar-refractivity contribution in [2.75, 3.05) is 20.1 Å². The molecule has 100 valence electrons. The second-order valence-electron chi connectivity index (χ2n) is 5.27. The van der Waals surface area contributed by atoms with Gasteiger partial charge >= 0.3 is 0 Å². The summed E-state index contributed by atoms with van der Waals surface area (Å²) in [6.45, 7) is 6.43. The summed E-state index contributed by atoms with van der Waals surface area (Å²) < 4.78 is 0. The van der Waals surface area contributed by atoms with E-state index in [1.54, 1.807) is 0 Å². The maximum atomic E-state index is 12.2. The van der Waals surface area contributed by atoms with Crippen LogP contribution in [0, 0.1) is 5.92 Å². The Balaban J connectivity index is 2.49. The SMILES string of the molecule is CCCC1C(C)CCCN1C(=O)CCCNC. The minimum absolute atomic E-state index is 0.366. The monoisotopic (exact) mass is 240 g/mol. The molecule has 2 atom stereocenters. The van der Waals surface area contributed by atoms with E-state index in [9.17, 15) is 4.79 Å². The summed E-state index contributed by atoms with van der Waals surface area (Å²) in [6.07, 6.45) is 6.46. The molecule has 3 heteroatoms. The van der Waals surface area contributed by atoms with Gasteiger partial charge in [0.1, 0.15) is 0 Å². The molecular weight excluding hydrogens is 212 g/mol. The molecule has 1 N–H and O–H groups in total. The second kappa shape index (κ2) is 7.70. The first-order chi connectivity index (χ1) is 8.20. The molecule has 1 saturated heterocycles. The van der Waals surface area contributed by atoms with Crippen LogP contribution in [-0.4, -0.2) is 37.0 Å². The highest BCUT2D eigenvalue weighted by Gasteiger charge is 2.30. The second-order valence-corrected chi connectivity index (χ2v) is 5.27. The van der Waals surface area contributed by atoms with Gasteiger partial charge in [0.15, 0.2) is 0 Å². The summed E-state index contributed by atoms with van der Waals surface area (Å²) >= 11 is 0. The van der Waals surface area contributed by atoms with Crippen molar-refractivity contribution in [3.8, 4) is 0 Å². The fourth-order valence-corrected chi connectivity index (χ4v) is 2.85. The summed E-state index contributed by atoms with van der Waals surface area (Å²) in [5.41, 5.74) is 0. The quantitative estimate of drug-likeness (QED) is 0.723. The number of likely N-dealkylation sites (tertiary alicyclic amines) is 1. The minimum atomic E-state index is 0.366. The van der Waals surface area contributed by atoms with E-state index in [0.717, 1.165) is 19.5 Å². The highest BCUT2D eigenvalue weighted by atomic mass is 16.2. The lowest BCUT2D eigenvalue weighted by Crippen LogP contribution is -2.47. The van der Waals surface area contributed by atoms with Crippen LogP contribution in [0.1, 0.15) is 52.4 Å². The Morgan fingerprint density at radius 1 is 1.47 bits per heavy atom. The molecule has 2 unspecified atom stereocenters. The zero-order chi connectivity index (χ0) is 12.7. The van der Waals surface area contributed by atoms with Crippen molar-refractivity contribution in [2.45, 2.75) is 58.4 Å². The number of piperidine rings is 1. The van der Waals surface area contributed by atoms with Gasteiger partial charge in [0.25, 0.3) is 0 Å². The largest absolute Gasteiger partial charge is 0.339 e. The molecule has 0 radical (unpaired) electrons. The molecular formula is C14H28N2O. The Kier molecular flexibility index (Phi) is 6.56. The number of rotatable bonds is 6. The predicted octanol–water partition coefficient (Wildman–Crippen LogP) is 2.41. The lowest BCUT2D eigenvalue weighted by molar-refractivity contribution is -0.136. The van der Waals surface area contributed by atoms with Gasteiger partial charge in [-0.3, -0.25) is 4.79 Å². The van der Waals surface area contributed by atoms with Crippen molar-refractivity contribution < 1.29 is 4.79 Å². The Morgan fingerprint density at radius 2 is 2.24 bits per heavy atom. The molecule has 17 heavy (non-hydrogen) atoms. The molecule has 0 bridgehead atoms. The molecule has 3 nitrogen and oxygen atoms in total. The van der Waals surface area contributed by atoms with Crippen LogP contribution in [0.25, 0.3) is 0 Å². The molecule has 0 aromatic carbocycles. The normalized spacial score (nSPS) is 25.0.